The molecular weight excluding hydrogens is 354 g/mol. The van der Waals surface area contributed by atoms with Gasteiger partial charge in [0.1, 0.15) is 11.4 Å². The third-order valence-corrected chi connectivity index (χ3v) is 5.12. The minimum absolute atomic E-state index is 0.333. The average Bonchev–Trinajstić information content (AvgIpc) is 3.27. The van der Waals surface area contributed by atoms with E-state index in [4.69, 9.17) is 4.74 Å². The molecule has 3 rings (SSSR count). The van der Waals surface area contributed by atoms with Gasteiger partial charge in [0.2, 0.25) is 0 Å². The Balaban J connectivity index is 1.55. The van der Waals surface area contributed by atoms with Crippen LogP contribution in [0.3, 0.4) is 0 Å². The van der Waals surface area contributed by atoms with Gasteiger partial charge in [0.05, 0.1) is 0 Å². The number of hydrogen-bond acceptors (Lipinski definition) is 5. The van der Waals surface area contributed by atoms with Crippen molar-refractivity contribution in [2.45, 2.75) is 39.0 Å². The Hall–Kier alpha value is -2.89. The maximum absolute atomic E-state index is 12.5. The fourth-order valence-corrected chi connectivity index (χ4v) is 3.27. The largest absolute Gasteiger partial charge is 0.452 e. The first kappa shape index (κ1) is 19.9. The number of aromatic nitrogens is 1. The topological polar surface area (TPSA) is 71.5 Å². The monoisotopic (exact) mass is 381 g/mol. The van der Waals surface area contributed by atoms with E-state index in [2.05, 4.69) is 29.0 Å². The second kappa shape index (κ2) is 9.35. The quantitative estimate of drug-likeness (QED) is 0.734. The smallest absolute Gasteiger partial charge is 0.342 e. The molecule has 2 aromatic rings. The summed E-state index contributed by atoms with van der Waals surface area (Å²) in [5, 5.41) is 2.76. The molecule has 148 valence electrons. The summed E-state index contributed by atoms with van der Waals surface area (Å²) in [7, 11) is 0. The molecule has 1 amide bonds. The predicted molar refractivity (Wildman–Crippen MR) is 110 cm³/mol. The van der Waals surface area contributed by atoms with Crippen molar-refractivity contribution in [3.8, 4) is 0 Å². The molecule has 0 unspecified atom stereocenters. The van der Waals surface area contributed by atoms with Gasteiger partial charge in [-0.05, 0) is 55.0 Å². The van der Waals surface area contributed by atoms with Crippen molar-refractivity contribution in [2.24, 2.45) is 0 Å². The molecule has 6 heteroatoms. The second-order valence-corrected chi connectivity index (χ2v) is 7.12. The molecule has 28 heavy (non-hydrogen) atoms. The highest BCUT2D eigenvalue weighted by Gasteiger charge is 2.22. The third kappa shape index (κ3) is 4.88. The van der Waals surface area contributed by atoms with Crippen molar-refractivity contribution in [1.29, 1.82) is 0 Å². The van der Waals surface area contributed by atoms with Crippen LogP contribution in [0.25, 0.3) is 0 Å². The lowest BCUT2D eigenvalue weighted by Crippen LogP contribution is -2.24. The molecule has 1 aromatic carbocycles. The number of carbonyl (C=O) groups is 2. The van der Waals surface area contributed by atoms with Crippen molar-refractivity contribution in [1.82, 2.24) is 4.98 Å². The van der Waals surface area contributed by atoms with Crippen LogP contribution >= 0.6 is 0 Å². The number of benzene rings is 1. The number of amides is 1. The Morgan fingerprint density at radius 3 is 2.57 bits per heavy atom. The van der Waals surface area contributed by atoms with Crippen LogP contribution in [-0.2, 0) is 9.53 Å². The van der Waals surface area contributed by atoms with Gasteiger partial charge in [-0.3, -0.25) is 4.79 Å². The highest BCUT2D eigenvalue weighted by atomic mass is 16.5. The lowest BCUT2D eigenvalue weighted by molar-refractivity contribution is -0.119. The molecule has 1 aromatic heterocycles. The first-order chi connectivity index (χ1) is 13.6. The molecule has 1 atom stereocenters. The van der Waals surface area contributed by atoms with E-state index in [-0.39, 0.29) is 12.5 Å². The van der Waals surface area contributed by atoms with Gasteiger partial charge in [0.15, 0.2) is 6.61 Å². The number of rotatable bonds is 7. The van der Waals surface area contributed by atoms with Crippen LogP contribution in [0, 0.1) is 0 Å². The van der Waals surface area contributed by atoms with E-state index >= 15 is 0 Å². The number of carbonyl (C=O) groups excluding carboxylic acids is 2. The molecule has 0 aliphatic carbocycles. The molecule has 0 bridgehead atoms. The van der Waals surface area contributed by atoms with Gasteiger partial charge < -0.3 is 15.0 Å². The highest BCUT2D eigenvalue weighted by molar-refractivity contribution is 5.98. The maximum atomic E-state index is 12.5. The minimum Gasteiger partial charge on any atom is -0.452 e. The molecule has 1 saturated heterocycles. The Morgan fingerprint density at radius 1 is 1.18 bits per heavy atom. The molecule has 0 saturated carbocycles. The van der Waals surface area contributed by atoms with Crippen LogP contribution in [0.1, 0.15) is 54.9 Å². The summed E-state index contributed by atoms with van der Waals surface area (Å²) >= 11 is 0. The molecule has 1 aliphatic rings. The fourth-order valence-electron chi connectivity index (χ4n) is 3.27. The number of hydrogen-bond donors (Lipinski definition) is 1. The lowest BCUT2D eigenvalue weighted by Gasteiger charge is -2.18. The van der Waals surface area contributed by atoms with Gasteiger partial charge in [0, 0.05) is 25.0 Å². The van der Waals surface area contributed by atoms with Crippen molar-refractivity contribution < 1.29 is 14.3 Å². The van der Waals surface area contributed by atoms with E-state index in [1.165, 1.54) is 5.56 Å². The van der Waals surface area contributed by atoms with Gasteiger partial charge >= 0.3 is 5.97 Å². The minimum atomic E-state index is -0.530. The van der Waals surface area contributed by atoms with Crippen molar-refractivity contribution in [3.05, 3.63) is 53.7 Å². The number of nitrogens with one attached hydrogen (secondary N) is 1. The Bertz CT molecular complexity index is 814. The van der Waals surface area contributed by atoms with Crippen LogP contribution in [0.5, 0.6) is 0 Å². The van der Waals surface area contributed by atoms with Crippen molar-refractivity contribution in [3.63, 3.8) is 0 Å². The zero-order chi connectivity index (χ0) is 19.9. The number of ether oxygens (including phenoxy) is 1. The lowest BCUT2D eigenvalue weighted by atomic mass is 9.99. The zero-order valence-electron chi connectivity index (χ0n) is 16.5. The third-order valence-electron chi connectivity index (χ3n) is 5.12. The Labute approximate surface area is 165 Å². The molecule has 1 fully saturated rings. The summed E-state index contributed by atoms with van der Waals surface area (Å²) in [4.78, 5) is 31.0. The van der Waals surface area contributed by atoms with Gasteiger partial charge in [-0.15, -0.1) is 0 Å². The zero-order valence-corrected chi connectivity index (χ0v) is 16.5. The van der Waals surface area contributed by atoms with Crippen LogP contribution in [0.15, 0.2) is 42.6 Å². The summed E-state index contributed by atoms with van der Waals surface area (Å²) in [6, 6.07) is 11.1. The molecule has 0 spiro atoms. The average molecular weight is 381 g/mol. The summed E-state index contributed by atoms with van der Waals surface area (Å²) in [5.74, 6) is 0.217. The van der Waals surface area contributed by atoms with E-state index in [1.54, 1.807) is 18.3 Å². The van der Waals surface area contributed by atoms with Crippen LogP contribution in [0.2, 0.25) is 0 Å². The Kier molecular flexibility index (Phi) is 6.63. The molecule has 2 heterocycles. The first-order valence-corrected chi connectivity index (χ1v) is 9.85. The molecule has 1 aliphatic heterocycles. The van der Waals surface area contributed by atoms with Gasteiger partial charge in [-0.1, -0.05) is 26.0 Å². The summed E-state index contributed by atoms with van der Waals surface area (Å²) < 4.78 is 5.22. The number of anilines is 2. The van der Waals surface area contributed by atoms with Crippen molar-refractivity contribution in [2.75, 3.05) is 29.9 Å². The van der Waals surface area contributed by atoms with Crippen LogP contribution in [0.4, 0.5) is 11.5 Å². The van der Waals surface area contributed by atoms with Crippen LogP contribution < -0.4 is 10.2 Å². The number of pyridine rings is 1. The van der Waals surface area contributed by atoms with E-state index in [9.17, 15) is 9.59 Å². The predicted octanol–water partition coefficient (Wildman–Crippen LogP) is 3.99. The standard InChI is InChI=1S/C22H27N3O3/c1-3-16(2)17-8-10-18(11-9-17)24-20(26)15-28-22(27)19-7-6-12-23-21(19)25-13-4-5-14-25/h6-12,16H,3-5,13-15H2,1-2H3,(H,24,26)/t16-/m0/s1. The highest BCUT2D eigenvalue weighted by Crippen LogP contribution is 2.23. The molecule has 6 nitrogen and oxygen atoms in total. The Morgan fingerprint density at radius 2 is 1.89 bits per heavy atom. The summed E-state index contributed by atoms with van der Waals surface area (Å²) in [6.45, 7) is 5.74. The van der Waals surface area contributed by atoms with Crippen LogP contribution in [-0.4, -0.2) is 36.6 Å². The van der Waals surface area contributed by atoms with Gasteiger partial charge in [-0.25, -0.2) is 9.78 Å². The molecule has 0 radical (unpaired) electrons. The first-order valence-electron chi connectivity index (χ1n) is 9.85. The molecular formula is C22H27N3O3. The van der Waals surface area contributed by atoms with E-state index < -0.39 is 5.97 Å². The summed E-state index contributed by atoms with van der Waals surface area (Å²) in [6.07, 6.45) is 4.90. The van der Waals surface area contributed by atoms with E-state index in [1.807, 2.05) is 24.3 Å². The second-order valence-electron chi connectivity index (χ2n) is 7.12. The summed E-state index contributed by atoms with van der Waals surface area (Å²) in [5.41, 5.74) is 2.32. The molecule has 1 N–H and O–H groups in total. The number of nitrogens with zero attached hydrogens (tertiary/aromatic N) is 2. The normalized spacial score (nSPS) is 14.6. The van der Waals surface area contributed by atoms with E-state index in [0.717, 1.165) is 32.4 Å². The SMILES string of the molecule is CC[C@H](C)c1ccc(NC(=O)COC(=O)c2cccnc2N2CCCC2)cc1. The maximum Gasteiger partial charge on any atom is 0.342 e. The fraction of sp³-hybridized carbons (Fsp3) is 0.409. The van der Waals surface area contributed by atoms with Gasteiger partial charge in [-0.2, -0.15) is 0 Å². The van der Waals surface area contributed by atoms with E-state index in [0.29, 0.717) is 23.0 Å². The van der Waals surface area contributed by atoms with Gasteiger partial charge in [0.25, 0.3) is 5.91 Å². The number of esters is 1. The van der Waals surface area contributed by atoms with Crippen molar-refractivity contribution >= 4 is 23.4 Å².